The van der Waals surface area contributed by atoms with Crippen molar-refractivity contribution >= 4 is 11.9 Å². The molecule has 0 heterocycles. The molecule has 4 aromatic rings. The molecule has 0 bridgehead atoms. The summed E-state index contributed by atoms with van der Waals surface area (Å²) in [6, 6.07) is 31.8. The first-order valence-electron chi connectivity index (χ1n) is 14.4. The molecule has 206 valence electrons. The van der Waals surface area contributed by atoms with Gasteiger partial charge < -0.3 is 9.47 Å². The van der Waals surface area contributed by atoms with Crippen LogP contribution in [0.1, 0.15) is 73.1 Å². The summed E-state index contributed by atoms with van der Waals surface area (Å²) in [4.78, 5) is 26.3. The summed E-state index contributed by atoms with van der Waals surface area (Å²) in [5, 5.41) is 0. The zero-order valence-electron chi connectivity index (χ0n) is 23.5. The van der Waals surface area contributed by atoms with Gasteiger partial charge in [0.1, 0.15) is 0 Å². The molecule has 0 saturated heterocycles. The van der Waals surface area contributed by atoms with E-state index >= 15 is 0 Å². The maximum Gasteiger partial charge on any atom is 0.338 e. The number of carbonyl (C=O) groups excluding carboxylic acids is 2. The molecule has 0 aliphatic rings. The largest absolute Gasteiger partial charge is 0.462 e. The fourth-order valence-electron chi connectivity index (χ4n) is 4.81. The van der Waals surface area contributed by atoms with E-state index in [-0.39, 0.29) is 0 Å². The third-order valence-corrected chi connectivity index (χ3v) is 6.96. The van der Waals surface area contributed by atoms with Crippen LogP contribution in [-0.4, -0.2) is 25.2 Å². The summed E-state index contributed by atoms with van der Waals surface area (Å²) in [5.41, 5.74) is 6.61. The number of hydrogen-bond donors (Lipinski definition) is 0. The summed E-state index contributed by atoms with van der Waals surface area (Å²) in [7, 11) is 0. The van der Waals surface area contributed by atoms with Crippen LogP contribution >= 0.6 is 0 Å². The standard InChI is InChI=1S/C36H38O4/c1-3-5-14-24-39-35(37)28-22-23-33(34(26-28)36(38)40-25-15-6-4-2)32-21-13-12-20-31(32)30-19-11-10-18-29(30)27-16-8-7-9-17-27/h7-13,16-23,26H,3-6,14-15,24-25H2,1-2H3. The summed E-state index contributed by atoms with van der Waals surface area (Å²) in [5.74, 6) is -0.858. The van der Waals surface area contributed by atoms with Crippen LogP contribution < -0.4 is 0 Å². The van der Waals surface area contributed by atoms with Gasteiger partial charge in [0.15, 0.2) is 0 Å². The highest BCUT2D eigenvalue weighted by Crippen LogP contribution is 2.39. The molecule has 0 spiro atoms. The van der Waals surface area contributed by atoms with Crippen LogP contribution in [0.4, 0.5) is 0 Å². The van der Waals surface area contributed by atoms with Crippen molar-refractivity contribution in [1.29, 1.82) is 0 Å². The fraction of sp³-hybridized carbons (Fsp3) is 0.278. The van der Waals surface area contributed by atoms with Gasteiger partial charge in [0.2, 0.25) is 0 Å². The molecular formula is C36H38O4. The number of rotatable bonds is 13. The summed E-state index contributed by atoms with van der Waals surface area (Å²) in [6.45, 7) is 4.93. The lowest BCUT2D eigenvalue weighted by Gasteiger charge is -2.17. The Morgan fingerprint density at radius 1 is 0.525 bits per heavy atom. The maximum absolute atomic E-state index is 13.4. The predicted molar refractivity (Wildman–Crippen MR) is 162 cm³/mol. The molecule has 40 heavy (non-hydrogen) atoms. The highest BCUT2D eigenvalue weighted by Gasteiger charge is 2.21. The molecule has 0 radical (unpaired) electrons. The molecule has 0 aliphatic carbocycles. The summed E-state index contributed by atoms with van der Waals surface area (Å²) >= 11 is 0. The van der Waals surface area contributed by atoms with Crippen molar-refractivity contribution in [3.8, 4) is 33.4 Å². The molecule has 0 aliphatic heterocycles. The van der Waals surface area contributed by atoms with Gasteiger partial charge in [-0.3, -0.25) is 0 Å². The van der Waals surface area contributed by atoms with Crippen LogP contribution in [0.3, 0.4) is 0 Å². The number of hydrogen-bond acceptors (Lipinski definition) is 4. The Labute approximate surface area is 238 Å². The van der Waals surface area contributed by atoms with Crippen molar-refractivity contribution in [3.63, 3.8) is 0 Å². The third-order valence-electron chi connectivity index (χ3n) is 6.96. The van der Waals surface area contributed by atoms with E-state index in [1.165, 1.54) is 0 Å². The van der Waals surface area contributed by atoms with Crippen molar-refractivity contribution in [2.45, 2.75) is 52.4 Å². The first-order valence-corrected chi connectivity index (χ1v) is 14.4. The van der Waals surface area contributed by atoms with Crippen LogP contribution in [0.15, 0.2) is 97.1 Å². The number of esters is 2. The molecule has 0 unspecified atom stereocenters. The van der Waals surface area contributed by atoms with Gasteiger partial charge in [0.25, 0.3) is 0 Å². The van der Waals surface area contributed by atoms with Crippen LogP contribution in [0, 0.1) is 0 Å². The Kier molecular flexibility index (Phi) is 10.7. The minimum atomic E-state index is -0.433. The molecule has 4 aromatic carbocycles. The highest BCUT2D eigenvalue weighted by molar-refractivity contribution is 6.03. The van der Waals surface area contributed by atoms with Crippen molar-refractivity contribution in [2.75, 3.05) is 13.2 Å². The molecule has 4 rings (SSSR count). The molecule has 0 atom stereocenters. The van der Waals surface area contributed by atoms with Crippen LogP contribution in [0.2, 0.25) is 0 Å². The van der Waals surface area contributed by atoms with Crippen molar-refractivity contribution in [2.24, 2.45) is 0 Å². The second-order valence-electron chi connectivity index (χ2n) is 9.90. The molecule has 4 nitrogen and oxygen atoms in total. The molecule has 0 fully saturated rings. The van der Waals surface area contributed by atoms with E-state index in [0.29, 0.717) is 24.3 Å². The monoisotopic (exact) mass is 534 g/mol. The third kappa shape index (κ3) is 7.26. The first-order chi connectivity index (χ1) is 19.6. The Morgan fingerprint density at radius 2 is 1.02 bits per heavy atom. The van der Waals surface area contributed by atoms with Gasteiger partial charge >= 0.3 is 11.9 Å². The highest BCUT2D eigenvalue weighted by atomic mass is 16.5. The molecule has 0 N–H and O–H groups in total. The quantitative estimate of drug-likeness (QED) is 0.127. The Hall–Kier alpha value is -4.18. The molecule has 0 saturated carbocycles. The van der Waals surface area contributed by atoms with E-state index in [4.69, 9.17) is 9.47 Å². The number of carbonyl (C=O) groups is 2. The van der Waals surface area contributed by atoms with Crippen molar-refractivity contribution < 1.29 is 19.1 Å². The second kappa shape index (κ2) is 14.8. The average Bonchev–Trinajstić information content (AvgIpc) is 3.01. The van der Waals surface area contributed by atoms with Gasteiger partial charge in [-0.25, -0.2) is 9.59 Å². The Bertz CT molecular complexity index is 1410. The average molecular weight is 535 g/mol. The number of unbranched alkanes of at least 4 members (excludes halogenated alkanes) is 4. The molecular weight excluding hydrogens is 496 g/mol. The lowest BCUT2D eigenvalue weighted by molar-refractivity contribution is 0.0497. The van der Waals surface area contributed by atoms with E-state index in [1.807, 2.05) is 54.6 Å². The molecule has 0 aromatic heterocycles. The lowest BCUT2D eigenvalue weighted by Crippen LogP contribution is -2.12. The Morgan fingerprint density at radius 3 is 1.62 bits per heavy atom. The maximum atomic E-state index is 13.4. The van der Waals surface area contributed by atoms with E-state index in [1.54, 1.807) is 12.1 Å². The molecule has 0 amide bonds. The second-order valence-corrected chi connectivity index (χ2v) is 9.90. The van der Waals surface area contributed by atoms with Crippen molar-refractivity contribution in [3.05, 3.63) is 108 Å². The smallest absolute Gasteiger partial charge is 0.338 e. The van der Waals surface area contributed by atoms with Crippen LogP contribution in [0.25, 0.3) is 33.4 Å². The minimum Gasteiger partial charge on any atom is -0.462 e. The van der Waals surface area contributed by atoms with E-state index in [9.17, 15) is 9.59 Å². The predicted octanol–water partition coefficient (Wildman–Crippen LogP) is 9.38. The number of ether oxygens (including phenoxy) is 2. The van der Waals surface area contributed by atoms with E-state index in [0.717, 1.165) is 71.9 Å². The number of benzene rings is 4. The van der Waals surface area contributed by atoms with Gasteiger partial charge in [-0.15, -0.1) is 0 Å². The lowest BCUT2D eigenvalue weighted by atomic mass is 9.87. The van der Waals surface area contributed by atoms with E-state index < -0.39 is 11.9 Å². The normalized spacial score (nSPS) is 10.8. The topological polar surface area (TPSA) is 52.6 Å². The SMILES string of the molecule is CCCCCOC(=O)c1ccc(-c2ccccc2-c2ccccc2-c2ccccc2)c(C(=O)OCCCCC)c1. The zero-order chi connectivity index (χ0) is 28.2. The summed E-state index contributed by atoms with van der Waals surface area (Å²) in [6.07, 6.45) is 5.70. The zero-order valence-corrected chi connectivity index (χ0v) is 23.5. The minimum absolute atomic E-state index is 0.344. The fourth-order valence-corrected chi connectivity index (χ4v) is 4.81. The summed E-state index contributed by atoms with van der Waals surface area (Å²) < 4.78 is 11.2. The van der Waals surface area contributed by atoms with Gasteiger partial charge in [-0.05, 0) is 58.4 Å². The van der Waals surface area contributed by atoms with Crippen LogP contribution in [-0.2, 0) is 9.47 Å². The molecule has 4 heteroatoms. The van der Waals surface area contributed by atoms with Crippen LogP contribution in [0.5, 0.6) is 0 Å². The van der Waals surface area contributed by atoms with Gasteiger partial charge in [0, 0.05) is 0 Å². The van der Waals surface area contributed by atoms with Crippen molar-refractivity contribution in [1.82, 2.24) is 0 Å². The van der Waals surface area contributed by atoms with E-state index in [2.05, 4.69) is 44.2 Å². The van der Waals surface area contributed by atoms with Gasteiger partial charge in [-0.2, -0.15) is 0 Å². The Balaban J connectivity index is 1.76. The van der Waals surface area contributed by atoms with Gasteiger partial charge in [-0.1, -0.05) is 124 Å². The van der Waals surface area contributed by atoms with Gasteiger partial charge in [0.05, 0.1) is 24.3 Å². The first kappa shape index (κ1) is 28.8.